The van der Waals surface area contributed by atoms with E-state index >= 15 is 0 Å². The summed E-state index contributed by atoms with van der Waals surface area (Å²) in [6.07, 6.45) is 7.60. The number of hydrogen-bond donors (Lipinski definition) is 1. The zero-order valence-corrected chi connectivity index (χ0v) is 12.3. The van der Waals surface area contributed by atoms with Gasteiger partial charge in [-0.05, 0) is 44.9 Å². The smallest absolute Gasteiger partial charge is 0.154 e. The summed E-state index contributed by atoms with van der Waals surface area (Å²) in [5, 5.41) is 10.4. The van der Waals surface area contributed by atoms with Crippen LogP contribution in [0.2, 0.25) is 0 Å². The lowest BCUT2D eigenvalue weighted by molar-refractivity contribution is -0.0256. The van der Waals surface area contributed by atoms with Gasteiger partial charge in [-0.2, -0.15) is 0 Å². The van der Waals surface area contributed by atoms with Crippen LogP contribution in [0, 0.1) is 0 Å². The Balaban J connectivity index is 2.20. The summed E-state index contributed by atoms with van der Waals surface area (Å²) in [6, 6.07) is 0. The van der Waals surface area contributed by atoms with E-state index < -0.39 is 0 Å². The minimum Gasteiger partial charge on any atom is -0.507 e. The molecule has 0 unspecified atom stereocenters. The van der Waals surface area contributed by atoms with E-state index in [0.29, 0.717) is 17.7 Å². The van der Waals surface area contributed by atoms with E-state index in [-0.39, 0.29) is 5.60 Å². The number of phenolic OH excluding ortho intramolecular Hbond substituents is 1. The standard InChI is InChI=1S/C17H22O3/c1-3-11-13-6-9-17(7-5-8-17)20-16(13)14(10-18)12(4-2)15(11)19/h10,19H,3-9H2,1-2H3. The Bertz CT molecular complexity index is 556. The molecule has 3 heteroatoms. The number of aromatic hydroxyl groups is 1. The van der Waals surface area contributed by atoms with Crippen molar-refractivity contribution >= 4 is 6.29 Å². The Labute approximate surface area is 120 Å². The number of hydrogen-bond acceptors (Lipinski definition) is 3. The fourth-order valence-electron chi connectivity index (χ4n) is 3.68. The summed E-state index contributed by atoms with van der Waals surface area (Å²) in [4.78, 5) is 11.5. The SMILES string of the molecule is CCc1c(O)c(CC)c2c(c1C=O)OC1(CCC1)CC2. The Kier molecular flexibility index (Phi) is 3.23. The zero-order valence-electron chi connectivity index (χ0n) is 12.3. The highest BCUT2D eigenvalue weighted by atomic mass is 16.5. The van der Waals surface area contributed by atoms with E-state index in [2.05, 4.69) is 0 Å². The highest BCUT2D eigenvalue weighted by Crippen LogP contribution is 2.49. The fourth-order valence-corrected chi connectivity index (χ4v) is 3.68. The molecule has 1 spiro atoms. The molecule has 108 valence electrons. The average molecular weight is 274 g/mol. The largest absolute Gasteiger partial charge is 0.507 e. The van der Waals surface area contributed by atoms with Gasteiger partial charge in [0.15, 0.2) is 6.29 Å². The van der Waals surface area contributed by atoms with E-state index in [1.165, 1.54) is 6.42 Å². The fraction of sp³-hybridized carbons (Fsp3) is 0.588. The third kappa shape index (κ3) is 1.75. The first-order chi connectivity index (χ1) is 9.65. The number of phenols is 1. The summed E-state index contributed by atoms with van der Waals surface area (Å²) in [6.45, 7) is 4.01. The second kappa shape index (κ2) is 4.80. The lowest BCUT2D eigenvalue weighted by atomic mass is 9.73. The van der Waals surface area contributed by atoms with Crippen LogP contribution in [0.4, 0.5) is 0 Å². The third-order valence-electron chi connectivity index (χ3n) is 5.02. The van der Waals surface area contributed by atoms with Crippen LogP contribution in [0.25, 0.3) is 0 Å². The number of fused-ring (bicyclic) bond motifs is 1. The van der Waals surface area contributed by atoms with Crippen molar-refractivity contribution in [1.29, 1.82) is 0 Å². The Morgan fingerprint density at radius 1 is 1.20 bits per heavy atom. The highest BCUT2D eigenvalue weighted by molar-refractivity contribution is 5.85. The first-order valence-electron chi connectivity index (χ1n) is 7.69. The summed E-state index contributed by atoms with van der Waals surface area (Å²) >= 11 is 0. The van der Waals surface area contributed by atoms with E-state index in [1.807, 2.05) is 13.8 Å². The van der Waals surface area contributed by atoms with Gasteiger partial charge in [-0.15, -0.1) is 0 Å². The summed E-state index contributed by atoms with van der Waals surface area (Å²) in [5.74, 6) is 1.07. The molecule has 1 aromatic carbocycles. The lowest BCUT2D eigenvalue weighted by Crippen LogP contribution is -2.46. The maximum atomic E-state index is 11.5. The van der Waals surface area contributed by atoms with E-state index in [9.17, 15) is 9.90 Å². The molecule has 1 aromatic rings. The van der Waals surface area contributed by atoms with Crippen molar-refractivity contribution in [2.45, 2.75) is 64.4 Å². The Hall–Kier alpha value is -1.51. The monoisotopic (exact) mass is 274 g/mol. The molecule has 1 heterocycles. The Morgan fingerprint density at radius 3 is 2.40 bits per heavy atom. The van der Waals surface area contributed by atoms with Crippen molar-refractivity contribution in [1.82, 2.24) is 0 Å². The zero-order chi connectivity index (χ0) is 14.3. The predicted molar refractivity (Wildman–Crippen MR) is 77.8 cm³/mol. The van der Waals surface area contributed by atoms with Gasteiger partial charge in [0.1, 0.15) is 17.1 Å². The van der Waals surface area contributed by atoms with Gasteiger partial charge in [-0.25, -0.2) is 0 Å². The molecule has 1 fully saturated rings. The number of rotatable bonds is 3. The Morgan fingerprint density at radius 2 is 1.90 bits per heavy atom. The van der Waals surface area contributed by atoms with Gasteiger partial charge in [0.2, 0.25) is 0 Å². The minimum atomic E-state index is -0.0300. The molecule has 20 heavy (non-hydrogen) atoms. The van der Waals surface area contributed by atoms with Crippen molar-refractivity contribution in [3.63, 3.8) is 0 Å². The molecule has 0 bridgehead atoms. The molecule has 1 saturated carbocycles. The second-order valence-electron chi connectivity index (χ2n) is 5.99. The van der Waals surface area contributed by atoms with Gasteiger partial charge < -0.3 is 9.84 Å². The van der Waals surface area contributed by atoms with Crippen LogP contribution >= 0.6 is 0 Å². The van der Waals surface area contributed by atoms with Gasteiger partial charge in [0.05, 0.1) is 5.56 Å². The maximum Gasteiger partial charge on any atom is 0.154 e. The summed E-state index contributed by atoms with van der Waals surface area (Å²) in [5.41, 5.74) is 3.31. The highest BCUT2D eigenvalue weighted by Gasteiger charge is 2.43. The normalized spacial score (nSPS) is 19.1. The second-order valence-corrected chi connectivity index (χ2v) is 5.99. The molecule has 2 aliphatic rings. The third-order valence-corrected chi connectivity index (χ3v) is 5.02. The number of aldehydes is 1. The van der Waals surface area contributed by atoms with E-state index in [4.69, 9.17) is 4.74 Å². The first kappa shape index (κ1) is 13.5. The van der Waals surface area contributed by atoms with Crippen LogP contribution in [-0.2, 0) is 19.3 Å². The molecule has 1 aliphatic carbocycles. The molecule has 0 amide bonds. The average Bonchev–Trinajstić information content (AvgIpc) is 2.43. The van der Waals surface area contributed by atoms with Crippen molar-refractivity contribution in [3.05, 3.63) is 22.3 Å². The molecular weight excluding hydrogens is 252 g/mol. The van der Waals surface area contributed by atoms with Gasteiger partial charge >= 0.3 is 0 Å². The van der Waals surface area contributed by atoms with E-state index in [0.717, 1.165) is 60.8 Å². The van der Waals surface area contributed by atoms with Crippen LogP contribution in [0.15, 0.2) is 0 Å². The number of carbonyl (C=O) groups is 1. The molecule has 0 radical (unpaired) electrons. The lowest BCUT2D eigenvalue weighted by Gasteiger charge is -2.46. The van der Waals surface area contributed by atoms with Crippen molar-refractivity contribution in [2.75, 3.05) is 0 Å². The first-order valence-corrected chi connectivity index (χ1v) is 7.69. The quantitative estimate of drug-likeness (QED) is 0.857. The van der Waals surface area contributed by atoms with Crippen LogP contribution < -0.4 is 4.74 Å². The molecular formula is C17H22O3. The molecule has 0 aromatic heterocycles. The molecule has 0 atom stereocenters. The van der Waals surface area contributed by atoms with Crippen LogP contribution in [-0.4, -0.2) is 17.0 Å². The summed E-state index contributed by atoms with van der Waals surface area (Å²) < 4.78 is 6.28. The molecule has 1 aliphatic heterocycles. The molecule has 1 N–H and O–H groups in total. The van der Waals surface area contributed by atoms with Crippen molar-refractivity contribution < 1.29 is 14.6 Å². The topological polar surface area (TPSA) is 46.5 Å². The number of carbonyl (C=O) groups excluding carboxylic acids is 1. The van der Waals surface area contributed by atoms with E-state index in [1.54, 1.807) is 0 Å². The van der Waals surface area contributed by atoms with Crippen LogP contribution in [0.5, 0.6) is 11.5 Å². The minimum absolute atomic E-state index is 0.0300. The molecule has 0 saturated heterocycles. The van der Waals surface area contributed by atoms with Gasteiger partial charge in [0.25, 0.3) is 0 Å². The van der Waals surface area contributed by atoms with Crippen LogP contribution in [0.1, 0.15) is 66.6 Å². The van der Waals surface area contributed by atoms with Crippen molar-refractivity contribution in [3.8, 4) is 11.5 Å². The predicted octanol–water partition coefficient (Wildman–Crippen LogP) is 3.58. The van der Waals surface area contributed by atoms with Crippen molar-refractivity contribution in [2.24, 2.45) is 0 Å². The van der Waals surface area contributed by atoms with Gasteiger partial charge in [-0.1, -0.05) is 13.8 Å². The van der Waals surface area contributed by atoms with Crippen LogP contribution in [0.3, 0.4) is 0 Å². The number of ether oxygens (including phenoxy) is 1. The van der Waals surface area contributed by atoms with Gasteiger partial charge in [0, 0.05) is 16.7 Å². The maximum absolute atomic E-state index is 11.5. The number of benzene rings is 1. The summed E-state index contributed by atoms with van der Waals surface area (Å²) in [7, 11) is 0. The van der Waals surface area contributed by atoms with Gasteiger partial charge in [-0.3, -0.25) is 4.79 Å². The molecule has 3 nitrogen and oxygen atoms in total. The molecule has 3 rings (SSSR count).